The van der Waals surface area contributed by atoms with E-state index in [2.05, 4.69) is 20.8 Å². The Balaban J connectivity index is 2.17. The minimum atomic E-state index is 0.0764. The molecule has 0 saturated carbocycles. The number of hydrogen-bond donors (Lipinski definition) is 1. The van der Waals surface area contributed by atoms with Gasteiger partial charge in [0.1, 0.15) is 5.75 Å². The Morgan fingerprint density at radius 1 is 1.42 bits per heavy atom. The first-order valence-corrected chi connectivity index (χ1v) is 7.62. The van der Waals surface area contributed by atoms with Crippen molar-refractivity contribution in [2.24, 2.45) is 0 Å². The van der Waals surface area contributed by atoms with Crippen LogP contribution in [-0.4, -0.2) is 28.1 Å². The van der Waals surface area contributed by atoms with Crippen LogP contribution in [-0.2, 0) is 11.2 Å². The van der Waals surface area contributed by atoms with E-state index in [1.54, 1.807) is 22.7 Å². The maximum atomic E-state index is 12.4. The molecule has 0 aliphatic carbocycles. The molecule has 0 atom stereocenters. The van der Waals surface area contributed by atoms with Crippen molar-refractivity contribution >= 4 is 23.4 Å². The third-order valence-corrected chi connectivity index (χ3v) is 4.38. The van der Waals surface area contributed by atoms with Gasteiger partial charge in [-0.3, -0.25) is 4.79 Å². The summed E-state index contributed by atoms with van der Waals surface area (Å²) in [4.78, 5) is 14.1. The lowest BCUT2D eigenvalue weighted by Gasteiger charge is -2.30. The molecule has 1 heterocycles. The van der Waals surface area contributed by atoms with Gasteiger partial charge < -0.3 is 10.0 Å². The van der Waals surface area contributed by atoms with Crippen molar-refractivity contribution in [2.75, 3.05) is 17.2 Å². The smallest absolute Gasteiger partial charge is 0.237 e. The third-order valence-electron chi connectivity index (χ3n) is 3.13. The van der Waals surface area contributed by atoms with Crippen molar-refractivity contribution < 1.29 is 9.90 Å². The number of hydrogen-bond acceptors (Lipinski definition) is 3. The summed E-state index contributed by atoms with van der Waals surface area (Å²) in [5, 5.41) is 10.0. The van der Waals surface area contributed by atoms with E-state index in [1.807, 2.05) is 12.1 Å². The van der Waals surface area contributed by atoms with Gasteiger partial charge in [-0.25, -0.2) is 0 Å². The van der Waals surface area contributed by atoms with Gasteiger partial charge in [-0.2, -0.15) is 0 Å². The number of fused-ring (bicyclic) bond motifs is 1. The first kappa shape index (κ1) is 14.3. The summed E-state index contributed by atoms with van der Waals surface area (Å²) in [5.74, 6) is 0.755. The molecule has 0 aromatic heterocycles. The molecule has 0 spiro atoms. The van der Waals surface area contributed by atoms with E-state index in [0.717, 1.165) is 18.4 Å². The van der Waals surface area contributed by atoms with Crippen LogP contribution in [0, 0.1) is 0 Å². The number of carbonyl (C=O) groups is 1. The molecule has 0 bridgehead atoms. The topological polar surface area (TPSA) is 40.5 Å². The van der Waals surface area contributed by atoms with E-state index in [4.69, 9.17) is 0 Å². The summed E-state index contributed by atoms with van der Waals surface area (Å²) < 4.78 is 0.0764. The van der Waals surface area contributed by atoms with Crippen LogP contribution in [0.5, 0.6) is 5.75 Å². The average molecular weight is 279 g/mol. The fraction of sp³-hybridized carbons (Fsp3) is 0.533. The van der Waals surface area contributed by atoms with Gasteiger partial charge in [0.2, 0.25) is 5.91 Å². The molecule has 0 radical (unpaired) electrons. The Hall–Kier alpha value is -1.16. The van der Waals surface area contributed by atoms with E-state index in [-0.39, 0.29) is 16.4 Å². The molecule has 1 aliphatic rings. The zero-order chi connectivity index (χ0) is 14.0. The molecule has 1 aliphatic heterocycles. The average Bonchev–Trinajstić information content (AvgIpc) is 2.35. The lowest BCUT2D eigenvalue weighted by molar-refractivity contribution is -0.116. The number of benzene rings is 1. The van der Waals surface area contributed by atoms with Crippen LogP contribution in [0.15, 0.2) is 18.2 Å². The minimum Gasteiger partial charge on any atom is -0.506 e. The molecular weight excluding hydrogens is 258 g/mol. The lowest BCUT2D eigenvalue weighted by Crippen LogP contribution is -2.37. The van der Waals surface area contributed by atoms with Crippen molar-refractivity contribution in [2.45, 2.75) is 38.4 Å². The van der Waals surface area contributed by atoms with Crippen molar-refractivity contribution in [3.8, 4) is 5.75 Å². The highest BCUT2D eigenvalue weighted by Crippen LogP contribution is 2.36. The summed E-state index contributed by atoms with van der Waals surface area (Å²) in [6.07, 6.45) is 1.89. The molecule has 0 unspecified atom stereocenters. The molecule has 4 heteroatoms. The van der Waals surface area contributed by atoms with Gasteiger partial charge in [0.15, 0.2) is 0 Å². The quantitative estimate of drug-likeness (QED) is 0.903. The number of amides is 1. The van der Waals surface area contributed by atoms with Crippen LogP contribution in [0.3, 0.4) is 0 Å². The van der Waals surface area contributed by atoms with Crippen LogP contribution in [0.2, 0.25) is 0 Å². The first-order valence-electron chi connectivity index (χ1n) is 6.64. The molecular formula is C15H21NO2S. The zero-order valence-corrected chi connectivity index (χ0v) is 12.6. The molecule has 0 fully saturated rings. The number of phenols is 1. The van der Waals surface area contributed by atoms with E-state index < -0.39 is 0 Å². The van der Waals surface area contributed by atoms with Gasteiger partial charge >= 0.3 is 0 Å². The number of anilines is 1. The second-order valence-corrected chi connectivity index (χ2v) is 7.64. The normalized spacial score (nSPS) is 15.2. The Bertz CT molecular complexity index is 480. The highest BCUT2D eigenvalue weighted by molar-refractivity contribution is 8.01. The number of rotatable bonds is 2. The summed E-state index contributed by atoms with van der Waals surface area (Å²) >= 11 is 1.64. The van der Waals surface area contributed by atoms with Crippen LogP contribution in [0.1, 0.15) is 32.8 Å². The maximum Gasteiger partial charge on any atom is 0.237 e. The molecule has 3 nitrogen and oxygen atoms in total. The Morgan fingerprint density at radius 3 is 2.84 bits per heavy atom. The first-order chi connectivity index (χ1) is 8.88. The van der Waals surface area contributed by atoms with Gasteiger partial charge in [-0.15, -0.1) is 11.8 Å². The van der Waals surface area contributed by atoms with Crippen LogP contribution in [0.4, 0.5) is 5.69 Å². The van der Waals surface area contributed by atoms with Gasteiger partial charge in [-0.1, -0.05) is 32.9 Å². The molecule has 0 saturated heterocycles. The monoisotopic (exact) mass is 279 g/mol. The van der Waals surface area contributed by atoms with Crippen LogP contribution < -0.4 is 4.90 Å². The van der Waals surface area contributed by atoms with E-state index >= 15 is 0 Å². The molecule has 104 valence electrons. The Kier molecular flexibility index (Phi) is 4.09. The highest BCUT2D eigenvalue weighted by Gasteiger charge is 2.26. The molecule has 19 heavy (non-hydrogen) atoms. The number of nitrogens with zero attached hydrogens (tertiary/aromatic N) is 1. The van der Waals surface area contributed by atoms with Gasteiger partial charge in [0, 0.05) is 11.3 Å². The zero-order valence-electron chi connectivity index (χ0n) is 11.8. The fourth-order valence-electron chi connectivity index (χ4n) is 2.24. The van der Waals surface area contributed by atoms with E-state index in [9.17, 15) is 9.90 Å². The SMILES string of the molecule is CC(C)(C)SCC(=O)N1CCCc2cccc(O)c21. The third kappa shape index (κ3) is 3.44. The van der Waals surface area contributed by atoms with Crippen LogP contribution in [0.25, 0.3) is 0 Å². The van der Waals surface area contributed by atoms with Crippen molar-refractivity contribution in [1.82, 2.24) is 0 Å². The predicted molar refractivity (Wildman–Crippen MR) is 81.0 cm³/mol. The number of carbonyl (C=O) groups excluding carboxylic acids is 1. The summed E-state index contributed by atoms with van der Waals surface area (Å²) in [7, 11) is 0. The van der Waals surface area contributed by atoms with Crippen molar-refractivity contribution in [3.63, 3.8) is 0 Å². The minimum absolute atomic E-state index is 0.0764. The Labute approximate surface area is 119 Å². The maximum absolute atomic E-state index is 12.4. The number of aromatic hydroxyl groups is 1. The molecule has 1 N–H and O–H groups in total. The van der Waals surface area contributed by atoms with Crippen molar-refractivity contribution in [3.05, 3.63) is 23.8 Å². The largest absolute Gasteiger partial charge is 0.506 e. The number of para-hydroxylation sites is 1. The molecule has 2 rings (SSSR count). The number of thioether (sulfide) groups is 1. The second-order valence-electron chi connectivity index (χ2n) is 5.83. The molecule has 1 aromatic rings. The molecule has 1 amide bonds. The van der Waals surface area contributed by atoms with E-state index in [1.165, 1.54) is 0 Å². The van der Waals surface area contributed by atoms with Gasteiger partial charge in [-0.05, 0) is 24.5 Å². The van der Waals surface area contributed by atoms with Crippen LogP contribution >= 0.6 is 11.8 Å². The fourth-order valence-corrected chi connectivity index (χ4v) is 2.95. The standard InChI is InChI=1S/C15H21NO2S/c1-15(2,3)19-10-13(18)16-9-5-7-11-6-4-8-12(17)14(11)16/h4,6,8,17H,5,7,9-10H2,1-3H3. The number of aryl methyl sites for hydroxylation is 1. The Morgan fingerprint density at radius 2 is 2.16 bits per heavy atom. The second kappa shape index (κ2) is 5.45. The highest BCUT2D eigenvalue weighted by atomic mass is 32.2. The molecule has 1 aromatic carbocycles. The number of phenolic OH excluding ortho intramolecular Hbond substituents is 1. The lowest BCUT2D eigenvalue weighted by atomic mass is 10.0. The summed E-state index contributed by atoms with van der Waals surface area (Å²) in [6, 6.07) is 5.48. The van der Waals surface area contributed by atoms with Crippen molar-refractivity contribution in [1.29, 1.82) is 0 Å². The summed E-state index contributed by atoms with van der Waals surface area (Å²) in [5.41, 5.74) is 1.79. The van der Waals surface area contributed by atoms with Gasteiger partial charge in [0.25, 0.3) is 0 Å². The predicted octanol–water partition coefficient (Wildman–Crippen LogP) is 3.20. The van der Waals surface area contributed by atoms with E-state index in [0.29, 0.717) is 18.0 Å². The summed E-state index contributed by atoms with van der Waals surface area (Å²) in [6.45, 7) is 7.01. The van der Waals surface area contributed by atoms with Gasteiger partial charge in [0.05, 0.1) is 11.4 Å².